The van der Waals surface area contributed by atoms with Crippen LogP contribution in [0, 0.1) is 0 Å². The maximum absolute atomic E-state index is 12.8. The normalized spacial score (nSPS) is 12.7. The highest BCUT2D eigenvalue weighted by Gasteiger charge is 2.30. The first kappa shape index (κ1) is 30.7. The fourth-order valence-corrected chi connectivity index (χ4v) is 5.12. The van der Waals surface area contributed by atoms with Gasteiger partial charge in [-0.15, -0.1) is 0 Å². The highest BCUT2D eigenvalue weighted by molar-refractivity contribution is 5.91. The van der Waals surface area contributed by atoms with Crippen molar-refractivity contribution in [2.45, 2.75) is 12.4 Å². The third kappa shape index (κ3) is 7.46. The van der Waals surface area contributed by atoms with Crippen LogP contribution in [0.3, 0.4) is 0 Å². The van der Waals surface area contributed by atoms with Crippen LogP contribution < -0.4 is 0 Å². The van der Waals surface area contributed by atoms with E-state index in [0.717, 1.165) is 68.1 Å². The second kappa shape index (κ2) is 12.6. The molecule has 0 saturated heterocycles. The van der Waals surface area contributed by atoms with Crippen molar-refractivity contribution >= 4 is 58.0 Å². The predicted octanol–water partition coefficient (Wildman–Crippen LogP) is 12.5. The third-order valence-corrected chi connectivity index (χ3v) is 7.66. The number of fused-ring (bicyclic) bond motifs is 2. The topological polar surface area (TPSA) is 0 Å². The zero-order valence-corrected chi connectivity index (χ0v) is 24.3. The van der Waals surface area contributed by atoms with Crippen LogP contribution in [-0.2, 0) is 12.4 Å². The standard InChI is InChI=1S/C40H26F6/c41-39(42,43)37-19-11-27(12-20-37)1-3-29-7-15-35-25-31(9-17-33(35)23-29)5-6-32-10-18-34-24-30(8-16-36(34)26-32)4-2-28-13-21-38(22-14-28)40(44,45)46/h1-26H/b3-1+,4-2+,6-5+. The minimum Gasteiger partial charge on any atom is -0.166 e. The van der Waals surface area contributed by atoms with E-state index in [0.29, 0.717) is 11.1 Å². The van der Waals surface area contributed by atoms with E-state index in [-0.39, 0.29) is 0 Å². The van der Waals surface area contributed by atoms with Gasteiger partial charge in [0, 0.05) is 0 Å². The maximum atomic E-state index is 12.8. The fourth-order valence-electron chi connectivity index (χ4n) is 5.12. The first-order chi connectivity index (χ1) is 22.0. The van der Waals surface area contributed by atoms with Gasteiger partial charge in [0.1, 0.15) is 0 Å². The predicted molar refractivity (Wildman–Crippen MR) is 178 cm³/mol. The van der Waals surface area contributed by atoms with Gasteiger partial charge in [0.05, 0.1) is 11.1 Å². The van der Waals surface area contributed by atoms with E-state index < -0.39 is 23.5 Å². The number of benzene rings is 6. The Labute approximate surface area is 262 Å². The van der Waals surface area contributed by atoms with Crippen LogP contribution >= 0.6 is 0 Å². The molecule has 6 aromatic carbocycles. The summed E-state index contributed by atoms with van der Waals surface area (Å²) in [6.45, 7) is 0. The maximum Gasteiger partial charge on any atom is 0.416 e. The summed E-state index contributed by atoms with van der Waals surface area (Å²) in [7, 11) is 0. The van der Waals surface area contributed by atoms with Crippen LogP contribution in [-0.4, -0.2) is 0 Å². The van der Waals surface area contributed by atoms with Gasteiger partial charge < -0.3 is 0 Å². The van der Waals surface area contributed by atoms with E-state index in [1.54, 1.807) is 12.2 Å². The van der Waals surface area contributed by atoms with Crippen molar-refractivity contribution in [3.05, 3.63) is 166 Å². The molecule has 0 N–H and O–H groups in total. The second-order valence-corrected chi connectivity index (χ2v) is 11.0. The zero-order valence-electron chi connectivity index (χ0n) is 24.3. The molecular weight excluding hydrogens is 594 g/mol. The molecule has 0 amide bonds. The molecule has 0 spiro atoms. The Balaban J connectivity index is 1.12. The lowest BCUT2D eigenvalue weighted by Crippen LogP contribution is -2.03. The molecule has 0 aromatic heterocycles. The van der Waals surface area contributed by atoms with Crippen molar-refractivity contribution in [3.63, 3.8) is 0 Å². The Kier molecular flexibility index (Phi) is 8.37. The molecule has 0 nitrogen and oxygen atoms in total. The zero-order chi connectivity index (χ0) is 32.3. The molecule has 0 bridgehead atoms. The first-order valence-electron chi connectivity index (χ1n) is 14.5. The van der Waals surface area contributed by atoms with Gasteiger partial charge in [-0.05, 0) is 103 Å². The summed E-state index contributed by atoms with van der Waals surface area (Å²) in [4.78, 5) is 0. The van der Waals surface area contributed by atoms with Gasteiger partial charge in [-0.3, -0.25) is 0 Å². The van der Waals surface area contributed by atoms with Crippen molar-refractivity contribution in [2.24, 2.45) is 0 Å². The Bertz CT molecular complexity index is 1940. The SMILES string of the molecule is FC(F)(F)c1ccc(/C=C/c2ccc3cc(/C=C/c4ccc5cc(/C=C/c6ccc(C(F)(F)F)cc6)ccc5c4)ccc3c2)cc1. The second-order valence-electron chi connectivity index (χ2n) is 11.0. The summed E-state index contributed by atoms with van der Waals surface area (Å²) in [6.07, 6.45) is 2.77. The number of hydrogen-bond donors (Lipinski definition) is 0. The molecule has 0 radical (unpaired) electrons. The summed E-state index contributed by atoms with van der Waals surface area (Å²) >= 11 is 0. The molecule has 0 fully saturated rings. The lowest BCUT2D eigenvalue weighted by atomic mass is 10.0. The van der Waals surface area contributed by atoms with Crippen molar-refractivity contribution in [1.82, 2.24) is 0 Å². The summed E-state index contributed by atoms with van der Waals surface area (Å²) < 4.78 is 76.8. The Morgan fingerprint density at radius 1 is 0.283 bits per heavy atom. The summed E-state index contributed by atoms with van der Waals surface area (Å²) in [5, 5.41) is 4.26. The van der Waals surface area contributed by atoms with Crippen LogP contribution in [0.5, 0.6) is 0 Å². The molecule has 0 heterocycles. The Hall–Kier alpha value is -5.36. The van der Waals surface area contributed by atoms with E-state index in [4.69, 9.17) is 0 Å². The first-order valence-corrected chi connectivity index (χ1v) is 14.5. The van der Waals surface area contributed by atoms with Gasteiger partial charge in [-0.1, -0.05) is 109 Å². The smallest absolute Gasteiger partial charge is 0.166 e. The minimum atomic E-state index is -4.35. The van der Waals surface area contributed by atoms with E-state index in [9.17, 15) is 26.3 Å². The molecule has 6 rings (SSSR count). The van der Waals surface area contributed by atoms with Crippen LogP contribution in [0.15, 0.2) is 121 Å². The van der Waals surface area contributed by atoms with Crippen LogP contribution in [0.25, 0.3) is 58.0 Å². The van der Waals surface area contributed by atoms with Gasteiger partial charge in [0.2, 0.25) is 0 Å². The van der Waals surface area contributed by atoms with Crippen LogP contribution in [0.2, 0.25) is 0 Å². The molecule has 0 aliphatic rings. The van der Waals surface area contributed by atoms with E-state index >= 15 is 0 Å². The highest BCUT2D eigenvalue weighted by atomic mass is 19.4. The van der Waals surface area contributed by atoms with Crippen LogP contribution in [0.4, 0.5) is 26.3 Å². The molecular formula is C40H26F6. The number of alkyl halides is 6. The number of halogens is 6. The summed E-state index contributed by atoms with van der Waals surface area (Å²) in [5.74, 6) is 0. The average molecular weight is 621 g/mol. The third-order valence-electron chi connectivity index (χ3n) is 7.66. The molecule has 6 heteroatoms. The molecule has 6 aromatic rings. The van der Waals surface area contributed by atoms with Gasteiger partial charge in [-0.2, -0.15) is 26.3 Å². The van der Waals surface area contributed by atoms with E-state index in [1.165, 1.54) is 24.3 Å². The summed E-state index contributed by atoms with van der Waals surface area (Å²) in [5.41, 5.74) is 4.04. The van der Waals surface area contributed by atoms with Gasteiger partial charge in [-0.25, -0.2) is 0 Å². The van der Waals surface area contributed by atoms with Crippen LogP contribution in [0.1, 0.15) is 44.5 Å². The average Bonchev–Trinajstić information content (AvgIpc) is 3.04. The molecule has 0 aliphatic heterocycles. The Morgan fingerprint density at radius 2 is 0.500 bits per heavy atom. The minimum absolute atomic E-state index is 0.665. The van der Waals surface area contributed by atoms with E-state index in [1.807, 2.05) is 72.8 Å². The summed E-state index contributed by atoms with van der Waals surface area (Å²) in [6, 6.07) is 34.6. The van der Waals surface area contributed by atoms with Gasteiger partial charge in [0.25, 0.3) is 0 Å². The number of hydrogen-bond acceptors (Lipinski definition) is 0. The molecule has 228 valence electrons. The fraction of sp³-hybridized carbons (Fsp3) is 0.0500. The molecule has 0 atom stereocenters. The quantitative estimate of drug-likeness (QED) is 0.128. The van der Waals surface area contributed by atoms with Crippen molar-refractivity contribution in [2.75, 3.05) is 0 Å². The molecule has 0 aliphatic carbocycles. The molecule has 46 heavy (non-hydrogen) atoms. The van der Waals surface area contributed by atoms with Crippen molar-refractivity contribution in [3.8, 4) is 0 Å². The van der Waals surface area contributed by atoms with Gasteiger partial charge in [0.15, 0.2) is 0 Å². The van der Waals surface area contributed by atoms with Crippen molar-refractivity contribution < 1.29 is 26.3 Å². The Morgan fingerprint density at radius 3 is 0.739 bits per heavy atom. The van der Waals surface area contributed by atoms with Gasteiger partial charge >= 0.3 is 12.4 Å². The lowest BCUT2D eigenvalue weighted by molar-refractivity contribution is -0.138. The number of rotatable bonds is 6. The lowest BCUT2D eigenvalue weighted by Gasteiger charge is -2.06. The van der Waals surface area contributed by atoms with E-state index in [2.05, 4.69) is 24.3 Å². The highest BCUT2D eigenvalue weighted by Crippen LogP contribution is 2.31. The van der Waals surface area contributed by atoms with Crippen molar-refractivity contribution in [1.29, 1.82) is 0 Å². The molecule has 0 unspecified atom stereocenters. The molecule has 0 saturated carbocycles. The monoisotopic (exact) mass is 620 g/mol. The largest absolute Gasteiger partial charge is 0.416 e.